The van der Waals surface area contributed by atoms with Crippen molar-refractivity contribution in [1.82, 2.24) is 15.1 Å². The Labute approximate surface area is 139 Å². The van der Waals surface area contributed by atoms with Gasteiger partial charge in [-0.1, -0.05) is 18.2 Å². The summed E-state index contributed by atoms with van der Waals surface area (Å²) in [7, 11) is 1.89. The normalized spacial score (nSPS) is 24.4. The second kappa shape index (κ2) is 5.39. The lowest BCUT2D eigenvalue weighted by molar-refractivity contribution is -0.125. The van der Waals surface area contributed by atoms with Gasteiger partial charge in [0.15, 0.2) is 0 Å². The molecule has 0 bridgehead atoms. The van der Waals surface area contributed by atoms with Gasteiger partial charge in [-0.05, 0) is 37.9 Å². The highest BCUT2D eigenvalue weighted by molar-refractivity contribution is 7.11. The first kappa shape index (κ1) is 14.8. The molecule has 1 aromatic carbocycles. The number of aryl methyl sites for hydroxylation is 1. The zero-order chi connectivity index (χ0) is 16.0. The van der Waals surface area contributed by atoms with Gasteiger partial charge in [0.1, 0.15) is 10.0 Å². The van der Waals surface area contributed by atoms with Gasteiger partial charge in [-0.3, -0.25) is 9.69 Å². The number of para-hydroxylation sites is 1. The lowest BCUT2D eigenvalue weighted by Gasteiger charge is -2.39. The smallest absolute Gasteiger partial charge is 0.238 e. The Morgan fingerprint density at radius 3 is 2.91 bits per heavy atom. The molecule has 1 unspecified atom stereocenters. The molecule has 23 heavy (non-hydrogen) atoms. The van der Waals surface area contributed by atoms with Crippen molar-refractivity contribution in [2.24, 2.45) is 0 Å². The SMILES string of the molecule is Cc1nnc(CN2CCCC3(C2)C(=O)N(C)c2ccccc23)s1. The van der Waals surface area contributed by atoms with Gasteiger partial charge < -0.3 is 4.90 Å². The maximum absolute atomic E-state index is 13.0. The van der Waals surface area contributed by atoms with Gasteiger partial charge in [0.2, 0.25) is 5.91 Å². The van der Waals surface area contributed by atoms with Crippen molar-refractivity contribution in [2.45, 2.75) is 31.7 Å². The van der Waals surface area contributed by atoms with Crippen LogP contribution in [0.25, 0.3) is 0 Å². The maximum atomic E-state index is 13.0. The Kier molecular flexibility index (Phi) is 3.46. The van der Waals surface area contributed by atoms with E-state index < -0.39 is 0 Å². The topological polar surface area (TPSA) is 49.3 Å². The van der Waals surface area contributed by atoms with Gasteiger partial charge in [0, 0.05) is 19.3 Å². The van der Waals surface area contributed by atoms with Gasteiger partial charge in [-0.2, -0.15) is 0 Å². The number of fused-ring (bicyclic) bond motifs is 2. The molecular formula is C17H20N4OS. The van der Waals surface area contributed by atoms with Crippen LogP contribution in [-0.4, -0.2) is 41.1 Å². The zero-order valence-electron chi connectivity index (χ0n) is 13.5. The molecule has 1 spiro atoms. The van der Waals surface area contributed by atoms with Crippen molar-refractivity contribution in [3.8, 4) is 0 Å². The Bertz CT molecular complexity index is 759. The zero-order valence-corrected chi connectivity index (χ0v) is 14.3. The average Bonchev–Trinajstić information content (AvgIpc) is 3.05. The predicted molar refractivity (Wildman–Crippen MR) is 90.7 cm³/mol. The number of likely N-dealkylation sites (N-methyl/N-ethyl adjacent to an activating group) is 1. The molecule has 1 amide bonds. The number of hydrogen-bond donors (Lipinski definition) is 0. The second-order valence-corrected chi connectivity index (χ2v) is 7.76. The minimum absolute atomic E-state index is 0.233. The van der Waals surface area contributed by atoms with Gasteiger partial charge in [0.25, 0.3) is 0 Å². The van der Waals surface area contributed by atoms with Crippen molar-refractivity contribution in [3.05, 3.63) is 39.8 Å². The Morgan fingerprint density at radius 1 is 1.30 bits per heavy atom. The number of carbonyl (C=O) groups excluding carboxylic acids is 1. The maximum Gasteiger partial charge on any atom is 0.238 e. The molecule has 1 aromatic heterocycles. The quantitative estimate of drug-likeness (QED) is 0.849. The van der Waals surface area contributed by atoms with E-state index in [1.54, 1.807) is 11.3 Å². The van der Waals surface area contributed by atoms with Crippen molar-refractivity contribution >= 4 is 22.9 Å². The first-order valence-corrected chi connectivity index (χ1v) is 8.81. The highest BCUT2D eigenvalue weighted by atomic mass is 32.1. The Hall–Kier alpha value is -1.79. The van der Waals surface area contributed by atoms with E-state index >= 15 is 0 Å². The number of carbonyl (C=O) groups is 1. The molecule has 1 atom stereocenters. The van der Waals surface area contributed by atoms with Gasteiger partial charge >= 0.3 is 0 Å². The molecule has 1 saturated heterocycles. The van der Waals surface area contributed by atoms with Crippen LogP contribution >= 0.6 is 11.3 Å². The third kappa shape index (κ3) is 2.28. The summed E-state index contributed by atoms with van der Waals surface area (Å²) in [6.45, 7) is 4.54. The van der Waals surface area contributed by atoms with Crippen molar-refractivity contribution < 1.29 is 4.79 Å². The van der Waals surface area contributed by atoms with E-state index in [1.807, 2.05) is 31.0 Å². The molecule has 0 radical (unpaired) electrons. The molecule has 2 aliphatic heterocycles. The number of likely N-dealkylation sites (tertiary alicyclic amines) is 1. The van der Waals surface area contributed by atoms with E-state index in [-0.39, 0.29) is 11.3 Å². The molecule has 3 heterocycles. The minimum atomic E-state index is -0.386. The van der Waals surface area contributed by atoms with Gasteiger partial charge in [-0.25, -0.2) is 0 Å². The lowest BCUT2D eigenvalue weighted by Crippen LogP contribution is -2.51. The molecule has 120 valence electrons. The molecule has 4 rings (SSSR count). The van der Waals surface area contributed by atoms with Crippen molar-refractivity contribution in [1.29, 1.82) is 0 Å². The summed E-state index contributed by atoms with van der Waals surface area (Å²) >= 11 is 1.64. The highest BCUT2D eigenvalue weighted by Crippen LogP contribution is 2.46. The average molecular weight is 328 g/mol. The third-order valence-corrected chi connectivity index (χ3v) is 5.82. The van der Waals surface area contributed by atoms with Crippen LogP contribution in [0.2, 0.25) is 0 Å². The number of aromatic nitrogens is 2. The number of rotatable bonds is 2. The van der Waals surface area contributed by atoms with Crippen LogP contribution < -0.4 is 4.90 Å². The summed E-state index contributed by atoms with van der Waals surface area (Å²) in [6, 6.07) is 8.22. The number of piperidine rings is 1. The molecular weight excluding hydrogens is 308 g/mol. The standard InChI is InChI=1S/C17H20N4OS/c1-12-18-19-15(23-12)10-21-9-5-8-17(11-21)13-6-3-4-7-14(13)20(2)16(17)22/h3-4,6-7H,5,8-11H2,1-2H3. The summed E-state index contributed by atoms with van der Waals surface area (Å²) in [6.07, 6.45) is 1.96. The summed E-state index contributed by atoms with van der Waals surface area (Å²) in [5.74, 6) is 0.233. The largest absolute Gasteiger partial charge is 0.314 e. The fraction of sp³-hybridized carbons (Fsp3) is 0.471. The molecule has 0 aliphatic carbocycles. The van der Waals surface area contributed by atoms with E-state index in [0.717, 1.165) is 48.2 Å². The number of amides is 1. The minimum Gasteiger partial charge on any atom is -0.314 e. The molecule has 6 heteroatoms. The first-order chi connectivity index (χ1) is 11.1. The fourth-order valence-corrected chi connectivity index (χ4v) is 4.73. The van der Waals surface area contributed by atoms with Crippen LogP contribution in [0, 0.1) is 6.92 Å². The van der Waals surface area contributed by atoms with Gasteiger partial charge in [0.05, 0.1) is 12.0 Å². The molecule has 5 nitrogen and oxygen atoms in total. The summed E-state index contributed by atoms with van der Waals surface area (Å²) in [5.41, 5.74) is 1.86. The van der Waals surface area contributed by atoms with Crippen molar-refractivity contribution in [3.63, 3.8) is 0 Å². The van der Waals surface area contributed by atoms with Crippen LogP contribution in [0.15, 0.2) is 24.3 Å². The van der Waals surface area contributed by atoms with E-state index in [9.17, 15) is 4.79 Å². The summed E-state index contributed by atoms with van der Waals surface area (Å²) < 4.78 is 0. The van der Waals surface area contributed by atoms with Gasteiger partial charge in [-0.15, -0.1) is 21.5 Å². The third-order valence-electron chi connectivity index (χ3n) is 4.99. The van der Waals surface area contributed by atoms with E-state index in [0.29, 0.717) is 0 Å². The van der Waals surface area contributed by atoms with E-state index in [1.165, 1.54) is 5.56 Å². The number of anilines is 1. The predicted octanol–water partition coefficient (Wildman–Crippen LogP) is 2.36. The van der Waals surface area contributed by atoms with E-state index in [4.69, 9.17) is 0 Å². The van der Waals surface area contributed by atoms with Crippen LogP contribution in [0.1, 0.15) is 28.4 Å². The van der Waals surface area contributed by atoms with Crippen LogP contribution in [0.5, 0.6) is 0 Å². The lowest BCUT2D eigenvalue weighted by atomic mass is 9.75. The van der Waals surface area contributed by atoms with Crippen LogP contribution in [-0.2, 0) is 16.8 Å². The second-order valence-electron chi connectivity index (χ2n) is 6.49. The van der Waals surface area contributed by atoms with Crippen molar-refractivity contribution in [2.75, 3.05) is 25.0 Å². The van der Waals surface area contributed by atoms with Crippen LogP contribution in [0.4, 0.5) is 5.69 Å². The monoisotopic (exact) mass is 328 g/mol. The molecule has 2 aromatic rings. The summed E-state index contributed by atoms with van der Waals surface area (Å²) in [5, 5.41) is 10.4. The molecule has 1 fully saturated rings. The number of nitrogens with zero attached hydrogens (tertiary/aromatic N) is 4. The number of benzene rings is 1. The fourth-order valence-electron chi connectivity index (χ4n) is 3.98. The first-order valence-electron chi connectivity index (χ1n) is 7.99. The molecule has 0 saturated carbocycles. The Morgan fingerprint density at radius 2 is 2.13 bits per heavy atom. The highest BCUT2D eigenvalue weighted by Gasteiger charge is 2.51. The van der Waals surface area contributed by atoms with E-state index in [2.05, 4.69) is 27.2 Å². The molecule has 2 aliphatic rings. The van der Waals surface area contributed by atoms with Crippen LogP contribution in [0.3, 0.4) is 0 Å². The Balaban J connectivity index is 1.65. The number of hydrogen-bond acceptors (Lipinski definition) is 5. The summed E-state index contributed by atoms with van der Waals surface area (Å²) in [4.78, 5) is 17.2. The molecule has 0 N–H and O–H groups in total.